The lowest BCUT2D eigenvalue weighted by Gasteiger charge is -2.43. The normalized spacial score (nSPS) is 18.5. The summed E-state index contributed by atoms with van der Waals surface area (Å²) in [5.41, 5.74) is -0.0559. The summed E-state index contributed by atoms with van der Waals surface area (Å²) in [5.74, 6) is -2.54. The number of alkyl halides is 1. The molecule has 42 heavy (non-hydrogen) atoms. The Morgan fingerprint density at radius 2 is 1.90 bits per heavy atom. The number of benzene rings is 2. The quantitative estimate of drug-likeness (QED) is 0.318. The highest BCUT2D eigenvalue weighted by molar-refractivity contribution is 5.81. The van der Waals surface area contributed by atoms with Gasteiger partial charge >= 0.3 is 0 Å². The third-order valence-electron chi connectivity index (χ3n) is 7.73. The molecule has 4 atom stereocenters. The Morgan fingerprint density at radius 3 is 2.52 bits per heavy atom. The average Bonchev–Trinajstić information content (AvgIpc) is 3.54. The van der Waals surface area contributed by atoms with Gasteiger partial charge in [0.25, 0.3) is 5.91 Å². The lowest BCUT2D eigenvalue weighted by Crippen LogP contribution is -2.50. The molecule has 1 aliphatic heterocycles. The van der Waals surface area contributed by atoms with Crippen molar-refractivity contribution in [3.63, 3.8) is 0 Å². The van der Waals surface area contributed by atoms with Crippen LogP contribution in [0.1, 0.15) is 44.6 Å². The number of nitrogens with zero attached hydrogens (tertiary/aromatic N) is 3. The van der Waals surface area contributed by atoms with E-state index in [1.165, 1.54) is 18.9 Å². The molecule has 1 saturated heterocycles. The number of hydrogen-bond donors (Lipinski definition) is 3. The first-order valence-corrected chi connectivity index (χ1v) is 14.0. The summed E-state index contributed by atoms with van der Waals surface area (Å²) in [5, 5.41) is 16.1. The first-order valence-electron chi connectivity index (χ1n) is 14.0. The van der Waals surface area contributed by atoms with E-state index in [9.17, 15) is 27.9 Å². The van der Waals surface area contributed by atoms with E-state index in [-0.39, 0.29) is 43.2 Å². The first-order chi connectivity index (χ1) is 19.9. The number of aliphatic hydroxyl groups is 1. The molecule has 1 aliphatic rings. The van der Waals surface area contributed by atoms with Crippen LogP contribution in [0.2, 0.25) is 0 Å². The van der Waals surface area contributed by atoms with Gasteiger partial charge in [-0.15, -0.1) is 0 Å². The summed E-state index contributed by atoms with van der Waals surface area (Å²) < 4.78 is 45.8. The van der Waals surface area contributed by atoms with E-state index >= 15 is 0 Å². The maximum atomic E-state index is 15.0. The third-order valence-corrected chi connectivity index (χ3v) is 7.73. The van der Waals surface area contributed by atoms with Crippen LogP contribution in [0.15, 0.2) is 54.7 Å². The molecule has 2 heterocycles. The zero-order valence-corrected chi connectivity index (χ0v) is 24.3. The second-order valence-corrected chi connectivity index (χ2v) is 11.6. The van der Waals surface area contributed by atoms with Crippen LogP contribution in [0.25, 0.3) is 11.3 Å². The molecule has 2 amide bonds. The summed E-state index contributed by atoms with van der Waals surface area (Å²) in [7, 11) is 1.51. The molecular weight excluding hydrogens is 547 g/mol. The van der Waals surface area contributed by atoms with Crippen molar-refractivity contribution in [2.24, 2.45) is 11.3 Å². The van der Waals surface area contributed by atoms with E-state index in [0.29, 0.717) is 12.4 Å². The van der Waals surface area contributed by atoms with Crippen molar-refractivity contribution in [2.45, 2.75) is 52.1 Å². The highest BCUT2D eigenvalue weighted by Gasteiger charge is 2.45. The predicted octanol–water partition coefficient (Wildman–Crippen LogP) is 3.85. The molecule has 11 heteroatoms. The maximum absolute atomic E-state index is 15.0. The van der Waals surface area contributed by atoms with Crippen molar-refractivity contribution in [1.29, 1.82) is 0 Å². The van der Waals surface area contributed by atoms with Crippen LogP contribution in [-0.2, 0) is 16.1 Å². The Labute approximate surface area is 243 Å². The Hall–Kier alpha value is -3.70. The van der Waals surface area contributed by atoms with Gasteiger partial charge in [0.05, 0.1) is 11.7 Å². The fourth-order valence-electron chi connectivity index (χ4n) is 5.58. The molecule has 1 aromatic heterocycles. The lowest BCUT2D eigenvalue weighted by atomic mass is 9.78. The van der Waals surface area contributed by atoms with Gasteiger partial charge in [-0.2, -0.15) is 0 Å². The van der Waals surface area contributed by atoms with Crippen LogP contribution in [0, 0.1) is 23.0 Å². The van der Waals surface area contributed by atoms with Gasteiger partial charge in [0.2, 0.25) is 5.91 Å². The largest absolute Gasteiger partial charge is 0.384 e. The van der Waals surface area contributed by atoms with Crippen LogP contribution in [0.5, 0.6) is 0 Å². The molecule has 4 rings (SSSR count). The number of rotatable bonds is 11. The summed E-state index contributed by atoms with van der Waals surface area (Å²) in [6, 6.07) is 11.5. The number of imidazole rings is 1. The van der Waals surface area contributed by atoms with Gasteiger partial charge in [-0.05, 0) is 30.7 Å². The van der Waals surface area contributed by atoms with Crippen molar-refractivity contribution in [3.8, 4) is 11.3 Å². The molecule has 226 valence electrons. The van der Waals surface area contributed by atoms with Crippen LogP contribution < -0.4 is 10.6 Å². The average molecular weight is 586 g/mol. The maximum Gasteiger partial charge on any atom is 0.251 e. The molecule has 1 fully saturated rings. The number of nitrogens with one attached hydrogen (secondary N) is 2. The minimum Gasteiger partial charge on any atom is -0.384 e. The monoisotopic (exact) mass is 585 g/mol. The highest BCUT2D eigenvalue weighted by Crippen LogP contribution is 2.43. The summed E-state index contributed by atoms with van der Waals surface area (Å²) in [6.07, 6.45) is -1.10. The lowest BCUT2D eigenvalue weighted by molar-refractivity contribution is -0.147. The van der Waals surface area contributed by atoms with Crippen LogP contribution in [0.3, 0.4) is 0 Å². The number of aliphatic hydroxyl groups excluding tert-OH is 1. The molecule has 0 saturated carbocycles. The van der Waals surface area contributed by atoms with E-state index in [4.69, 9.17) is 4.98 Å². The van der Waals surface area contributed by atoms with E-state index in [2.05, 4.69) is 10.6 Å². The van der Waals surface area contributed by atoms with Crippen LogP contribution in [-0.4, -0.2) is 70.3 Å². The minimum absolute atomic E-state index is 0.0401. The van der Waals surface area contributed by atoms with E-state index < -0.39 is 47.2 Å². The number of aromatic nitrogens is 2. The SMILES string of the molecule is CNC(=O)CC(C)(C)[C@H](c1nc(-c2cc(F)ccc2F)cn1Cc1ccccc1)N(C[C@@H]1CNC[C@@H]1F)C(=O)[C@H](C)O. The Balaban J connectivity index is 1.95. The molecule has 3 aromatic rings. The molecule has 0 aliphatic carbocycles. The summed E-state index contributed by atoms with van der Waals surface area (Å²) in [4.78, 5) is 32.6. The topological polar surface area (TPSA) is 99.5 Å². The number of carbonyl (C=O) groups is 2. The molecule has 2 aromatic carbocycles. The van der Waals surface area contributed by atoms with Gasteiger partial charge in [0.15, 0.2) is 0 Å². The van der Waals surface area contributed by atoms with Gasteiger partial charge in [-0.25, -0.2) is 18.2 Å². The van der Waals surface area contributed by atoms with Crippen molar-refractivity contribution in [1.82, 2.24) is 25.1 Å². The fourth-order valence-corrected chi connectivity index (χ4v) is 5.58. The molecule has 0 unspecified atom stereocenters. The third kappa shape index (κ3) is 7.01. The minimum atomic E-state index is -1.42. The van der Waals surface area contributed by atoms with Crippen molar-refractivity contribution >= 4 is 11.8 Å². The zero-order chi connectivity index (χ0) is 30.6. The molecule has 0 radical (unpaired) electrons. The van der Waals surface area contributed by atoms with Crippen molar-refractivity contribution < 1.29 is 27.9 Å². The van der Waals surface area contributed by atoms with Gasteiger partial charge in [-0.1, -0.05) is 44.2 Å². The Morgan fingerprint density at radius 1 is 1.19 bits per heavy atom. The second kappa shape index (κ2) is 13.1. The first kappa shape index (κ1) is 31.2. The van der Waals surface area contributed by atoms with E-state index in [0.717, 1.165) is 23.8 Å². The molecular formula is C31H38F3N5O3. The summed E-state index contributed by atoms with van der Waals surface area (Å²) in [6.45, 7) is 5.59. The number of halogens is 3. The van der Waals surface area contributed by atoms with E-state index in [1.807, 2.05) is 30.3 Å². The number of amides is 2. The van der Waals surface area contributed by atoms with Gasteiger partial charge < -0.3 is 25.2 Å². The molecule has 0 spiro atoms. The van der Waals surface area contributed by atoms with Crippen molar-refractivity contribution in [2.75, 3.05) is 26.7 Å². The Bertz CT molecular complexity index is 1400. The van der Waals surface area contributed by atoms with Crippen LogP contribution in [0.4, 0.5) is 13.2 Å². The van der Waals surface area contributed by atoms with Gasteiger partial charge in [-0.3, -0.25) is 9.59 Å². The summed E-state index contributed by atoms with van der Waals surface area (Å²) >= 11 is 0. The second-order valence-electron chi connectivity index (χ2n) is 11.6. The van der Waals surface area contributed by atoms with Crippen molar-refractivity contribution in [3.05, 3.63) is 77.8 Å². The number of hydrogen-bond acceptors (Lipinski definition) is 5. The molecule has 3 N–H and O–H groups in total. The Kier molecular flexibility index (Phi) is 9.73. The number of carbonyl (C=O) groups excluding carboxylic acids is 2. The highest BCUT2D eigenvalue weighted by atomic mass is 19.1. The van der Waals surface area contributed by atoms with Crippen LogP contribution >= 0.6 is 0 Å². The predicted molar refractivity (Wildman–Crippen MR) is 153 cm³/mol. The van der Waals surface area contributed by atoms with Gasteiger partial charge in [0, 0.05) is 62.7 Å². The molecule has 0 bridgehead atoms. The fraction of sp³-hybridized carbons (Fsp3) is 0.452. The smallest absolute Gasteiger partial charge is 0.251 e. The standard InChI is InChI=1S/C31H38F3N5O3/c1-19(40)30(42)39(17-21-14-36-15-25(21)34)28(31(2,3)13-27(41)35-4)29-37-26(23-12-22(32)10-11-24(23)33)18-38(29)16-20-8-6-5-7-9-20/h5-12,18-19,21,25,28,36,40H,13-17H2,1-4H3,(H,35,41)/t19-,21-,25-,28-/m0/s1. The molecule has 8 nitrogen and oxygen atoms in total. The van der Waals surface area contributed by atoms with E-state index in [1.54, 1.807) is 24.6 Å². The zero-order valence-electron chi connectivity index (χ0n) is 24.3. The van der Waals surface area contributed by atoms with Gasteiger partial charge in [0.1, 0.15) is 29.7 Å².